The van der Waals surface area contributed by atoms with Gasteiger partial charge in [-0.05, 0) is 32.1 Å². The van der Waals surface area contributed by atoms with Crippen molar-refractivity contribution in [3.63, 3.8) is 0 Å². The van der Waals surface area contributed by atoms with Crippen molar-refractivity contribution < 1.29 is 0 Å². The molecular formula is C11H19N3. The normalized spacial score (nSPS) is 23.1. The molecule has 1 aromatic rings. The van der Waals surface area contributed by atoms with Gasteiger partial charge in [-0.15, -0.1) is 0 Å². The summed E-state index contributed by atoms with van der Waals surface area (Å²) in [5, 5.41) is 10.4. The van der Waals surface area contributed by atoms with E-state index in [9.17, 15) is 0 Å². The van der Waals surface area contributed by atoms with Crippen molar-refractivity contribution in [2.75, 3.05) is 0 Å². The molecule has 1 saturated carbocycles. The number of nitrogens with one attached hydrogen (secondary N) is 2. The average Bonchev–Trinajstić information content (AvgIpc) is 2.71. The van der Waals surface area contributed by atoms with Crippen LogP contribution < -0.4 is 5.32 Å². The second-order valence-corrected chi connectivity index (χ2v) is 4.80. The summed E-state index contributed by atoms with van der Waals surface area (Å²) in [6.45, 7) is 6.82. The summed E-state index contributed by atoms with van der Waals surface area (Å²) < 4.78 is 0. The fourth-order valence-corrected chi connectivity index (χ4v) is 1.80. The molecular weight excluding hydrogens is 174 g/mol. The van der Waals surface area contributed by atoms with Gasteiger partial charge in [0.1, 0.15) is 0 Å². The summed E-state index contributed by atoms with van der Waals surface area (Å²) in [6.07, 6.45) is 6.57. The van der Waals surface area contributed by atoms with Crippen LogP contribution in [-0.4, -0.2) is 16.2 Å². The first-order chi connectivity index (χ1) is 6.62. The van der Waals surface area contributed by atoms with Crippen molar-refractivity contribution in [1.29, 1.82) is 0 Å². The Kier molecular flexibility index (Phi) is 2.35. The van der Waals surface area contributed by atoms with Crippen LogP contribution in [0.4, 0.5) is 0 Å². The maximum Gasteiger partial charge on any atom is 0.0534 e. The van der Waals surface area contributed by atoms with Crippen molar-refractivity contribution in [2.24, 2.45) is 5.41 Å². The Morgan fingerprint density at radius 1 is 1.50 bits per heavy atom. The van der Waals surface area contributed by atoms with Crippen molar-refractivity contribution in [1.82, 2.24) is 15.5 Å². The van der Waals surface area contributed by atoms with Crippen LogP contribution in [0, 0.1) is 5.41 Å². The minimum atomic E-state index is 0.390. The number of hydrogen-bond donors (Lipinski definition) is 2. The molecule has 0 amide bonds. The maximum atomic E-state index is 3.96. The molecule has 3 nitrogen and oxygen atoms in total. The van der Waals surface area contributed by atoms with Crippen LogP contribution in [0.3, 0.4) is 0 Å². The van der Waals surface area contributed by atoms with Gasteiger partial charge < -0.3 is 5.32 Å². The van der Waals surface area contributed by atoms with Crippen molar-refractivity contribution in [2.45, 2.75) is 45.7 Å². The van der Waals surface area contributed by atoms with E-state index in [-0.39, 0.29) is 0 Å². The highest BCUT2D eigenvalue weighted by Gasteiger charge is 2.42. The topological polar surface area (TPSA) is 40.7 Å². The van der Waals surface area contributed by atoms with Crippen LogP contribution in [0.1, 0.15) is 45.2 Å². The highest BCUT2D eigenvalue weighted by molar-refractivity contribution is 5.09. The molecule has 0 radical (unpaired) electrons. The highest BCUT2D eigenvalue weighted by Crippen LogP contribution is 2.48. The number of hydrogen-bond acceptors (Lipinski definition) is 2. The van der Waals surface area contributed by atoms with Gasteiger partial charge in [0, 0.05) is 23.8 Å². The number of aromatic nitrogens is 2. The number of nitrogens with zero attached hydrogens (tertiary/aromatic N) is 1. The molecule has 0 bridgehead atoms. The van der Waals surface area contributed by atoms with Crippen LogP contribution in [0.5, 0.6) is 0 Å². The lowest BCUT2D eigenvalue weighted by Gasteiger charge is -2.24. The molecule has 0 saturated heterocycles. The van der Waals surface area contributed by atoms with Gasteiger partial charge >= 0.3 is 0 Å². The largest absolute Gasteiger partial charge is 0.307 e. The summed E-state index contributed by atoms with van der Waals surface area (Å²) in [5.41, 5.74) is 1.78. The minimum Gasteiger partial charge on any atom is -0.307 e. The number of aromatic amines is 1. The van der Waals surface area contributed by atoms with E-state index in [2.05, 4.69) is 36.3 Å². The van der Waals surface area contributed by atoms with Crippen LogP contribution in [0.2, 0.25) is 0 Å². The van der Waals surface area contributed by atoms with Crippen molar-refractivity contribution in [3.05, 3.63) is 18.0 Å². The van der Waals surface area contributed by atoms with E-state index in [0.717, 1.165) is 0 Å². The Morgan fingerprint density at radius 3 is 2.71 bits per heavy atom. The third-order valence-electron chi connectivity index (χ3n) is 3.60. The van der Waals surface area contributed by atoms with E-state index < -0.39 is 0 Å². The van der Waals surface area contributed by atoms with Crippen LogP contribution in [-0.2, 0) is 0 Å². The Bertz CT molecular complexity index is 287. The smallest absolute Gasteiger partial charge is 0.0534 e. The van der Waals surface area contributed by atoms with Gasteiger partial charge in [0.2, 0.25) is 0 Å². The van der Waals surface area contributed by atoms with Gasteiger partial charge in [0.15, 0.2) is 0 Å². The maximum absolute atomic E-state index is 3.96. The predicted octanol–water partition coefficient (Wildman–Crippen LogP) is 2.25. The summed E-state index contributed by atoms with van der Waals surface area (Å²) in [4.78, 5) is 0. The molecule has 0 spiro atoms. The Hall–Kier alpha value is -0.830. The third-order valence-corrected chi connectivity index (χ3v) is 3.60. The predicted molar refractivity (Wildman–Crippen MR) is 56.9 cm³/mol. The van der Waals surface area contributed by atoms with Crippen molar-refractivity contribution >= 4 is 0 Å². The first kappa shape index (κ1) is 9.71. The zero-order valence-corrected chi connectivity index (χ0v) is 9.17. The molecule has 1 aromatic heterocycles. The fourth-order valence-electron chi connectivity index (χ4n) is 1.80. The van der Waals surface area contributed by atoms with Gasteiger partial charge in [-0.2, -0.15) is 5.10 Å². The van der Waals surface area contributed by atoms with Gasteiger partial charge in [0.25, 0.3) is 0 Å². The highest BCUT2D eigenvalue weighted by atomic mass is 15.1. The molecule has 3 heteroatoms. The van der Waals surface area contributed by atoms with E-state index in [1.807, 2.05) is 12.4 Å². The molecule has 1 aliphatic rings. The van der Waals surface area contributed by atoms with Gasteiger partial charge in [0.05, 0.1) is 6.20 Å². The van der Waals surface area contributed by atoms with E-state index in [0.29, 0.717) is 17.5 Å². The zero-order valence-electron chi connectivity index (χ0n) is 9.17. The lowest BCUT2D eigenvalue weighted by molar-refractivity contribution is 0.350. The van der Waals surface area contributed by atoms with Crippen LogP contribution in [0.15, 0.2) is 12.4 Å². The number of H-pyrrole nitrogens is 1. The fraction of sp³-hybridized carbons (Fsp3) is 0.727. The SMILES string of the molecule is CC(NC(C)C1(C)CC1)c1cn[nH]c1. The molecule has 0 aromatic carbocycles. The summed E-state index contributed by atoms with van der Waals surface area (Å²) in [6, 6.07) is 0.980. The molecule has 1 fully saturated rings. The Labute approximate surface area is 85.3 Å². The molecule has 2 unspecified atom stereocenters. The first-order valence-electron chi connectivity index (χ1n) is 5.36. The van der Waals surface area contributed by atoms with Gasteiger partial charge in [-0.1, -0.05) is 6.92 Å². The molecule has 78 valence electrons. The van der Waals surface area contributed by atoms with E-state index in [1.165, 1.54) is 18.4 Å². The van der Waals surface area contributed by atoms with Crippen LogP contribution in [0.25, 0.3) is 0 Å². The monoisotopic (exact) mass is 193 g/mol. The average molecular weight is 193 g/mol. The third kappa shape index (κ3) is 1.82. The quantitative estimate of drug-likeness (QED) is 0.770. The van der Waals surface area contributed by atoms with E-state index >= 15 is 0 Å². The summed E-state index contributed by atoms with van der Waals surface area (Å²) >= 11 is 0. The molecule has 2 N–H and O–H groups in total. The van der Waals surface area contributed by atoms with Gasteiger partial charge in [-0.3, -0.25) is 5.10 Å². The summed E-state index contributed by atoms with van der Waals surface area (Å²) in [7, 11) is 0. The lowest BCUT2D eigenvalue weighted by atomic mass is 9.99. The zero-order chi connectivity index (χ0) is 10.2. The minimum absolute atomic E-state index is 0.390. The summed E-state index contributed by atoms with van der Waals surface area (Å²) in [5.74, 6) is 0. The molecule has 2 rings (SSSR count). The second-order valence-electron chi connectivity index (χ2n) is 4.80. The lowest BCUT2D eigenvalue weighted by Crippen LogP contribution is -2.35. The first-order valence-corrected chi connectivity index (χ1v) is 5.36. The number of rotatable bonds is 4. The van der Waals surface area contributed by atoms with Crippen LogP contribution >= 0.6 is 0 Å². The molecule has 2 atom stereocenters. The standard InChI is InChI=1S/C11H19N3/c1-8(10-6-12-13-7-10)14-9(2)11(3)4-5-11/h6-9,14H,4-5H2,1-3H3,(H,12,13). The van der Waals surface area contributed by atoms with E-state index in [4.69, 9.17) is 0 Å². The molecule has 1 heterocycles. The van der Waals surface area contributed by atoms with E-state index in [1.54, 1.807) is 0 Å². The Balaban J connectivity index is 1.91. The molecule has 1 aliphatic carbocycles. The molecule has 0 aliphatic heterocycles. The van der Waals surface area contributed by atoms with Gasteiger partial charge in [-0.25, -0.2) is 0 Å². The second kappa shape index (κ2) is 3.39. The Morgan fingerprint density at radius 2 is 2.21 bits per heavy atom. The molecule has 14 heavy (non-hydrogen) atoms. The van der Waals surface area contributed by atoms with Crippen molar-refractivity contribution in [3.8, 4) is 0 Å².